The summed E-state index contributed by atoms with van der Waals surface area (Å²) in [6.07, 6.45) is 1.65. The lowest BCUT2D eigenvalue weighted by atomic mass is 10.1. The maximum absolute atomic E-state index is 11.9. The van der Waals surface area contributed by atoms with Crippen LogP contribution >= 0.6 is 0 Å². The molecule has 4 heteroatoms. The van der Waals surface area contributed by atoms with Gasteiger partial charge in [-0.1, -0.05) is 35.4 Å². The number of hydrogen-bond acceptors (Lipinski definition) is 2. The molecule has 2 aromatic carbocycles. The van der Waals surface area contributed by atoms with Gasteiger partial charge in [-0.2, -0.15) is 0 Å². The zero-order valence-electron chi connectivity index (χ0n) is 14.3. The molecule has 0 fully saturated rings. The van der Waals surface area contributed by atoms with Crippen molar-refractivity contribution >= 4 is 11.8 Å². The lowest BCUT2D eigenvalue weighted by Gasteiger charge is -2.07. The first-order chi connectivity index (χ1) is 11.6. The van der Waals surface area contributed by atoms with Crippen molar-refractivity contribution in [2.45, 2.75) is 26.7 Å². The molecule has 0 heterocycles. The van der Waals surface area contributed by atoms with Crippen molar-refractivity contribution < 1.29 is 9.59 Å². The van der Waals surface area contributed by atoms with Crippen molar-refractivity contribution in [1.82, 2.24) is 10.6 Å². The quantitative estimate of drug-likeness (QED) is 0.768. The minimum Gasteiger partial charge on any atom is -0.352 e. The Morgan fingerprint density at radius 1 is 0.667 bits per heavy atom. The maximum atomic E-state index is 11.9. The second-order valence-electron chi connectivity index (χ2n) is 5.95. The van der Waals surface area contributed by atoms with E-state index in [1.54, 1.807) is 0 Å². The van der Waals surface area contributed by atoms with E-state index in [0.717, 1.165) is 24.0 Å². The number of hydrogen-bond donors (Lipinski definition) is 2. The minimum atomic E-state index is -0.0568. The summed E-state index contributed by atoms with van der Waals surface area (Å²) in [6.45, 7) is 5.19. The molecule has 0 atom stereocenters. The number of nitrogens with one attached hydrogen (secondary N) is 2. The number of rotatable bonds is 7. The van der Waals surface area contributed by atoms with Crippen LogP contribution in [0.25, 0.3) is 0 Å². The van der Waals surface area contributed by atoms with Crippen LogP contribution < -0.4 is 10.6 Å². The molecule has 0 aliphatic carbocycles. The van der Waals surface area contributed by atoms with Crippen LogP contribution in [-0.2, 0) is 0 Å². The van der Waals surface area contributed by atoms with Gasteiger partial charge in [0.2, 0.25) is 0 Å². The van der Waals surface area contributed by atoms with E-state index in [1.165, 1.54) is 0 Å². The molecule has 0 saturated carbocycles. The molecule has 0 unspecified atom stereocenters. The average Bonchev–Trinajstić information content (AvgIpc) is 2.58. The molecule has 0 radical (unpaired) electrons. The van der Waals surface area contributed by atoms with Gasteiger partial charge in [0, 0.05) is 24.2 Å². The van der Waals surface area contributed by atoms with E-state index in [4.69, 9.17) is 0 Å². The minimum absolute atomic E-state index is 0.0568. The van der Waals surface area contributed by atoms with Crippen LogP contribution in [0.5, 0.6) is 0 Å². The third-order valence-corrected chi connectivity index (χ3v) is 3.80. The van der Waals surface area contributed by atoms with Crippen LogP contribution in [0.2, 0.25) is 0 Å². The molecule has 0 bridgehead atoms. The molecule has 0 spiro atoms. The summed E-state index contributed by atoms with van der Waals surface area (Å²) in [5.74, 6) is -0.114. The highest BCUT2D eigenvalue weighted by Crippen LogP contribution is 2.04. The standard InChI is InChI=1S/C20H24N2O2/c1-15-5-9-17(10-6-15)19(23)21-13-3-4-14-22-20(24)18-11-7-16(2)8-12-18/h5-12H,3-4,13-14H2,1-2H3,(H,21,23)(H,22,24). The first-order valence-corrected chi connectivity index (χ1v) is 8.26. The zero-order valence-corrected chi connectivity index (χ0v) is 14.3. The molecule has 2 N–H and O–H groups in total. The van der Waals surface area contributed by atoms with Gasteiger partial charge in [0.05, 0.1) is 0 Å². The van der Waals surface area contributed by atoms with Gasteiger partial charge in [0.1, 0.15) is 0 Å². The lowest BCUT2D eigenvalue weighted by molar-refractivity contribution is 0.0939. The van der Waals surface area contributed by atoms with Crippen molar-refractivity contribution in [2.24, 2.45) is 0 Å². The molecule has 2 aromatic rings. The van der Waals surface area contributed by atoms with E-state index >= 15 is 0 Å². The summed E-state index contributed by atoms with van der Waals surface area (Å²) < 4.78 is 0. The number of carbonyl (C=O) groups is 2. The first kappa shape index (κ1) is 17.7. The highest BCUT2D eigenvalue weighted by atomic mass is 16.2. The molecular formula is C20H24N2O2. The van der Waals surface area contributed by atoms with Crippen LogP contribution in [-0.4, -0.2) is 24.9 Å². The molecule has 24 heavy (non-hydrogen) atoms. The van der Waals surface area contributed by atoms with Gasteiger partial charge in [-0.05, 0) is 51.0 Å². The van der Waals surface area contributed by atoms with E-state index < -0.39 is 0 Å². The molecule has 2 amide bonds. The number of carbonyl (C=O) groups excluding carboxylic acids is 2. The highest BCUT2D eigenvalue weighted by molar-refractivity contribution is 5.94. The van der Waals surface area contributed by atoms with Gasteiger partial charge in [-0.15, -0.1) is 0 Å². The Kier molecular flexibility index (Phi) is 6.55. The number of unbranched alkanes of at least 4 members (excludes halogenated alkanes) is 1. The Balaban J connectivity index is 1.61. The fraction of sp³-hybridized carbons (Fsp3) is 0.300. The fourth-order valence-electron chi connectivity index (χ4n) is 2.27. The molecule has 0 saturated heterocycles. The molecule has 0 aliphatic rings. The third kappa shape index (κ3) is 5.54. The van der Waals surface area contributed by atoms with E-state index in [9.17, 15) is 9.59 Å². The Labute approximate surface area is 143 Å². The molecule has 2 rings (SSSR count). The Morgan fingerprint density at radius 3 is 1.33 bits per heavy atom. The summed E-state index contributed by atoms with van der Waals surface area (Å²) in [7, 11) is 0. The zero-order chi connectivity index (χ0) is 17.4. The van der Waals surface area contributed by atoms with Crippen LogP contribution in [0.1, 0.15) is 44.7 Å². The largest absolute Gasteiger partial charge is 0.352 e. The van der Waals surface area contributed by atoms with E-state index in [1.807, 2.05) is 62.4 Å². The van der Waals surface area contributed by atoms with Gasteiger partial charge in [-0.25, -0.2) is 0 Å². The van der Waals surface area contributed by atoms with Gasteiger partial charge in [0.25, 0.3) is 11.8 Å². The molecule has 4 nitrogen and oxygen atoms in total. The first-order valence-electron chi connectivity index (χ1n) is 8.26. The summed E-state index contributed by atoms with van der Waals surface area (Å²) >= 11 is 0. The maximum Gasteiger partial charge on any atom is 0.251 e. The summed E-state index contributed by atoms with van der Waals surface area (Å²) in [4.78, 5) is 23.9. The summed E-state index contributed by atoms with van der Waals surface area (Å²) in [5, 5.41) is 5.79. The SMILES string of the molecule is Cc1ccc(C(=O)NCCCCNC(=O)c2ccc(C)cc2)cc1. The van der Waals surface area contributed by atoms with Gasteiger partial charge >= 0.3 is 0 Å². The Morgan fingerprint density at radius 2 is 1.00 bits per heavy atom. The second-order valence-corrected chi connectivity index (χ2v) is 5.95. The van der Waals surface area contributed by atoms with Crippen LogP contribution in [0.15, 0.2) is 48.5 Å². The Hall–Kier alpha value is -2.62. The van der Waals surface area contributed by atoms with Crippen LogP contribution in [0.3, 0.4) is 0 Å². The van der Waals surface area contributed by atoms with E-state index in [-0.39, 0.29) is 11.8 Å². The Bertz CT molecular complexity index is 614. The van der Waals surface area contributed by atoms with Crippen LogP contribution in [0, 0.1) is 13.8 Å². The topological polar surface area (TPSA) is 58.2 Å². The number of benzene rings is 2. The molecule has 126 valence electrons. The smallest absolute Gasteiger partial charge is 0.251 e. The molecule has 0 aromatic heterocycles. The number of aryl methyl sites for hydroxylation is 2. The summed E-state index contributed by atoms with van der Waals surface area (Å²) in [6, 6.07) is 15.0. The van der Waals surface area contributed by atoms with Gasteiger partial charge < -0.3 is 10.6 Å². The predicted molar refractivity (Wildman–Crippen MR) is 96.3 cm³/mol. The number of amides is 2. The fourth-order valence-corrected chi connectivity index (χ4v) is 2.27. The third-order valence-electron chi connectivity index (χ3n) is 3.80. The average molecular weight is 324 g/mol. The monoisotopic (exact) mass is 324 g/mol. The van der Waals surface area contributed by atoms with Crippen LogP contribution in [0.4, 0.5) is 0 Å². The lowest BCUT2D eigenvalue weighted by Crippen LogP contribution is -2.27. The van der Waals surface area contributed by atoms with Gasteiger partial charge in [0.15, 0.2) is 0 Å². The normalized spacial score (nSPS) is 10.2. The predicted octanol–water partition coefficient (Wildman–Crippen LogP) is 3.24. The van der Waals surface area contributed by atoms with Crippen molar-refractivity contribution in [3.8, 4) is 0 Å². The summed E-state index contributed by atoms with van der Waals surface area (Å²) in [5.41, 5.74) is 3.62. The van der Waals surface area contributed by atoms with E-state index in [0.29, 0.717) is 24.2 Å². The van der Waals surface area contributed by atoms with Crippen molar-refractivity contribution in [2.75, 3.05) is 13.1 Å². The van der Waals surface area contributed by atoms with Crippen molar-refractivity contribution in [1.29, 1.82) is 0 Å². The van der Waals surface area contributed by atoms with Crippen molar-refractivity contribution in [3.05, 3.63) is 70.8 Å². The van der Waals surface area contributed by atoms with E-state index in [2.05, 4.69) is 10.6 Å². The van der Waals surface area contributed by atoms with Crippen molar-refractivity contribution in [3.63, 3.8) is 0 Å². The van der Waals surface area contributed by atoms with Gasteiger partial charge in [-0.3, -0.25) is 9.59 Å². The molecule has 0 aliphatic heterocycles. The molecular weight excluding hydrogens is 300 g/mol. The second kappa shape index (κ2) is 8.87. The highest BCUT2D eigenvalue weighted by Gasteiger charge is 2.05.